The first-order chi connectivity index (χ1) is 15.2. The molecule has 3 N–H and O–H groups in total. The van der Waals surface area contributed by atoms with Gasteiger partial charge in [0.2, 0.25) is 11.6 Å². The molecule has 0 aromatic heterocycles. The van der Waals surface area contributed by atoms with E-state index >= 15 is 0 Å². The van der Waals surface area contributed by atoms with E-state index < -0.39 is 17.8 Å². The highest BCUT2D eigenvalue weighted by atomic mass is 35.5. The van der Waals surface area contributed by atoms with E-state index in [1.165, 1.54) is 12.8 Å². The Labute approximate surface area is 194 Å². The van der Waals surface area contributed by atoms with Crippen LogP contribution in [0.1, 0.15) is 24.0 Å². The molecule has 170 valence electrons. The molecular formula is C24H29ClN4O3. The molecule has 2 aromatic carbocycles. The molecule has 8 heteroatoms. The van der Waals surface area contributed by atoms with Crippen molar-refractivity contribution in [3.8, 4) is 0 Å². The summed E-state index contributed by atoms with van der Waals surface area (Å²) in [6.45, 7) is 2.21. The van der Waals surface area contributed by atoms with Gasteiger partial charge in [0.15, 0.2) is 0 Å². The lowest BCUT2D eigenvalue weighted by molar-refractivity contribution is -0.153. The van der Waals surface area contributed by atoms with E-state index in [0.29, 0.717) is 25.7 Å². The number of cyclic esters (lactones) is 1. The van der Waals surface area contributed by atoms with E-state index in [0.717, 1.165) is 17.7 Å². The Bertz CT molecular complexity index is 899. The number of nitrogens with zero attached hydrogens (tertiary/aromatic N) is 1. The summed E-state index contributed by atoms with van der Waals surface area (Å²) in [7, 11) is 0. The van der Waals surface area contributed by atoms with Crippen LogP contribution in [0.2, 0.25) is 0 Å². The van der Waals surface area contributed by atoms with Crippen molar-refractivity contribution in [1.29, 1.82) is 0 Å². The number of benzene rings is 2. The van der Waals surface area contributed by atoms with Gasteiger partial charge in [-0.2, -0.15) is 0 Å². The summed E-state index contributed by atoms with van der Waals surface area (Å²) in [5.41, 5.74) is 0.542. The largest absolute Gasteiger partial charge is 0.434 e. The molecule has 1 aliphatic carbocycles. The van der Waals surface area contributed by atoms with Crippen LogP contribution < -0.4 is 16.0 Å². The van der Waals surface area contributed by atoms with Crippen molar-refractivity contribution in [2.45, 2.75) is 36.7 Å². The average molecular weight is 457 g/mol. The highest BCUT2D eigenvalue weighted by Gasteiger charge is 2.60. The molecule has 0 spiro atoms. The number of piperazine rings is 1. The molecule has 2 saturated heterocycles. The van der Waals surface area contributed by atoms with E-state index in [-0.39, 0.29) is 24.3 Å². The van der Waals surface area contributed by atoms with Gasteiger partial charge >= 0.3 is 5.97 Å². The van der Waals surface area contributed by atoms with Gasteiger partial charge in [-0.05, 0) is 12.8 Å². The molecule has 2 aromatic rings. The van der Waals surface area contributed by atoms with Crippen molar-refractivity contribution in [3.05, 3.63) is 71.8 Å². The van der Waals surface area contributed by atoms with E-state index in [2.05, 4.69) is 16.0 Å². The van der Waals surface area contributed by atoms with Crippen LogP contribution in [0.15, 0.2) is 60.7 Å². The molecule has 3 fully saturated rings. The maximum Gasteiger partial charge on any atom is 0.327 e. The number of esters is 1. The average Bonchev–Trinajstić information content (AvgIpc) is 3.60. The first kappa shape index (κ1) is 22.7. The zero-order chi connectivity index (χ0) is 21.3. The summed E-state index contributed by atoms with van der Waals surface area (Å²) >= 11 is 0. The lowest BCUT2D eigenvalue weighted by Gasteiger charge is -2.44. The summed E-state index contributed by atoms with van der Waals surface area (Å²) < 4.78 is 6.17. The quantitative estimate of drug-likeness (QED) is 0.431. The fourth-order valence-corrected chi connectivity index (χ4v) is 4.67. The van der Waals surface area contributed by atoms with Crippen molar-refractivity contribution in [2.24, 2.45) is 0 Å². The second kappa shape index (κ2) is 9.58. The van der Waals surface area contributed by atoms with Gasteiger partial charge in [0, 0.05) is 43.3 Å². The van der Waals surface area contributed by atoms with Gasteiger partial charge in [0.05, 0.1) is 0 Å². The van der Waals surface area contributed by atoms with Gasteiger partial charge in [-0.1, -0.05) is 60.7 Å². The van der Waals surface area contributed by atoms with Crippen molar-refractivity contribution in [1.82, 2.24) is 20.9 Å². The van der Waals surface area contributed by atoms with E-state index in [9.17, 15) is 9.59 Å². The number of hydrogen-bond acceptors (Lipinski definition) is 6. The standard InChI is InChI=1S/C24H28N4O3.ClH/c29-22(27-14-13-26-19-11-12-19)20-15-25-16-21-23(30)31-24(28(20)21,17-7-3-1-4-8-17)18-9-5-2-6-10-18;/h1-10,19-21,25-26H,11-16H2,(H,27,29);1H. The third-order valence-electron chi connectivity index (χ3n) is 6.30. The van der Waals surface area contributed by atoms with Gasteiger partial charge < -0.3 is 20.7 Å². The van der Waals surface area contributed by atoms with Crippen molar-refractivity contribution in [3.63, 3.8) is 0 Å². The Morgan fingerprint density at radius 2 is 1.62 bits per heavy atom. The van der Waals surface area contributed by atoms with Gasteiger partial charge in [-0.15, -0.1) is 12.4 Å². The van der Waals surface area contributed by atoms with Crippen LogP contribution >= 0.6 is 12.4 Å². The van der Waals surface area contributed by atoms with Crippen LogP contribution in [0.5, 0.6) is 0 Å². The number of rotatable bonds is 7. The topological polar surface area (TPSA) is 82.7 Å². The first-order valence-electron chi connectivity index (χ1n) is 11.0. The molecule has 1 saturated carbocycles. The molecule has 2 heterocycles. The number of ether oxygens (including phenoxy) is 1. The van der Waals surface area contributed by atoms with Gasteiger partial charge in [-0.25, -0.2) is 4.90 Å². The van der Waals surface area contributed by atoms with Crippen molar-refractivity contribution < 1.29 is 14.3 Å². The number of amides is 1. The number of hydrogen-bond donors (Lipinski definition) is 3. The number of halogens is 1. The van der Waals surface area contributed by atoms with Crippen LogP contribution in [0.4, 0.5) is 0 Å². The van der Waals surface area contributed by atoms with Crippen LogP contribution in [0.3, 0.4) is 0 Å². The van der Waals surface area contributed by atoms with Gasteiger partial charge in [-0.3, -0.25) is 9.59 Å². The van der Waals surface area contributed by atoms with Crippen LogP contribution in [-0.4, -0.2) is 61.1 Å². The minimum absolute atomic E-state index is 0. The molecule has 32 heavy (non-hydrogen) atoms. The Morgan fingerprint density at radius 3 is 2.22 bits per heavy atom. The molecule has 2 aliphatic heterocycles. The summed E-state index contributed by atoms with van der Waals surface area (Å²) in [4.78, 5) is 28.3. The highest BCUT2D eigenvalue weighted by Crippen LogP contribution is 2.45. The highest BCUT2D eigenvalue weighted by molar-refractivity contribution is 5.86. The smallest absolute Gasteiger partial charge is 0.327 e. The molecule has 0 bridgehead atoms. The maximum absolute atomic E-state index is 13.3. The predicted molar refractivity (Wildman–Crippen MR) is 123 cm³/mol. The number of nitrogens with one attached hydrogen (secondary N) is 3. The molecular weight excluding hydrogens is 428 g/mol. The lowest BCUT2D eigenvalue weighted by atomic mass is 9.90. The number of carbonyl (C=O) groups is 2. The zero-order valence-electron chi connectivity index (χ0n) is 17.8. The Hall–Kier alpha value is -2.45. The Balaban J connectivity index is 0.00000245. The minimum Gasteiger partial charge on any atom is -0.434 e. The zero-order valence-corrected chi connectivity index (χ0v) is 18.6. The Kier molecular flexibility index (Phi) is 6.81. The summed E-state index contributed by atoms with van der Waals surface area (Å²) in [6.07, 6.45) is 2.43. The normalized spacial score (nSPS) is 24.2. The molecule has 0 radical (unpaired) electrons. The van der Waals surface area contributed by atoms with Gasteiger partial charge in [0.25, 0.3) is 0 Å². The molecule has 3 aliphatic rings. The number of carbonyl (C=O) groups excluding carboxylic acids is 2. The van der Waals surface area contributed by atoms with Crippen LogP contribution in [0, 0.1) is 0 Å². The second-order valence-electron chi connectivity index (χ2n) is 8.41. The molecule has 1 amide bonds. The molecule has 2 unspecified atom stereocenters. The van der Waals surface area contributed by atoms with E-state index in [1.807, 2.05) is 65.6 Å². The van der Waals surface area contributed by atoms with Crippen molar-refractivity contribution in [2.75, 3.05) is 26.2 Å². The molecule has 5 rings (SSSR count). The third kappa shape index (κ3) is 4.13. The Morgan fingerprint density at radius 1 is 1.00 bits per heavy atom. The monoisotopic (exact) mass is 456 g/mol. The van der Waals surface area contributed by atoms with E-state index in [4.69, 9.17) is 4.74 Å². The fourth-order valence-electron chi connectivity index (χ4n) is 4.67. The summed E-state index contributed by atoms with van der Waals surface area (Å²) in [5, 5.41) is 9.73. The second-order valence-corrected chi connectivity index (χ2v) is 8.41. The summed E-state index contributed by atoms with van der Waals surface area (Å²) in [6, 6.07) is 19.0. The van der Waals surface area contributed by atoms with Crippen LogP contribution in [0.25, 0.3) is 0 Å². The minimum atomic E-state index is -1.14. The van der Waals surface area contributed by atoms with E-state index in [1.54, 1.807) is 0 Å². The predicted octanol–water partition coefficient (Wildman–Crippen LogP) is 1.38. The summed E-state index contributed by atoms with van der Waals surface area (Å²) in [5.74, 6) is -0.405. The molecule has 7 nitrogen and oxygen atoms in total. The SMILES string of the molecule is Cl.O=C(NCCNC1CC1)C1CNCC2C(=O)OC(c3ccccc3)(c3ccccc3)N12. The number of fused-ring (bicyclic) bond motifs is 1. The fraction of sp³-hybridized carbons (Fsp3) is 0.417. The molecule has 2 atom stereocenters. The van der Waals surface area contributed by atoms with Crippen molar-refractivity contribution >= 4 is 24.3 Å². The maximum atomic E-state index is 13.3. The first-order valence-corrected chi connectivity index (χ1v) is 11.0. The lowest BCUT2D eigenvalue weighted by Crippen LogP contribution is -2.66. The third-order valence-corrected chi connectivity index (χ3v) is 6.30. The van der Waals surface area contributed by atoms with Crippen LogP contribution in [-0.2, 0) is 20.1 Å². The van der Waals surface area contributed by atoms with Gasteiger partial charge in [0.1, 0.15) is 12.1 Å².